The zero-order valence-electron chi connectivity index (χ0n) is 17.3. The van der Waals surface area contributed by atoms with Crippen LogP contribution < -0.4 is 0 Å². The molecule has 0 spiro atoms. The first-order chi connectivity index (χ1) is 15.5. The third-order valence-corrected chi connectivity index (χ3v) is 5.77. The number of aliphatic hydroxyl groups excluding tert-OH is 1. The molecule has 2 saturated heterocycles. The van der Waals surface area contributed by atoms with Crippen LogP contribution in [0.1, 0.15) is 17.2 Å². The summed E-state index contributed by atoms with van der Waals surface area (Å²) in [5.74, 6) is -1.73. The summed E-state index contributed by atoms with van der Waals surface area (Å²) in [5, 5.41) is 22.0. The number of morpholine rings is 1. The Kier molecular flexibility index (Phi) is 6.29. The molecule has 166 valence electrons. The SMILES string of the molecule is O=C1C(=O)N(CCN2CCOCC2)[C@@H](c2ccc([N+](=O)[O-])cc2)C1=C(O)c1ccccc1. The number of rotatable bonds is 6. The van der Waals surface area contributed by atoms with E-state index in [0.717, 1.165) is 13.1 Å². The van der Waals surface area contributed by atoms with Crippen LogP contribution in [0.15, 0.2) is 60.2 Å². The minimum atomic E-state index is -0.836. The molecular formula is C23H23N3O6. The van der Waals surface area contributed by atoms with Crippen LogP contribution in [-0.4, -0.2) is 70.9 Å². The van der Waals surface area contributed by atoms with Crippen molar-refractivity contribution < 1.29 is 24.4 Å². The minimum Gasteiger partial charge on any atom is -0.507 e. The summed E-state index contributed by atoms with van der Waals surface area (Å²) in [6, 6.07) is 13.4. The zero-order valence-corrected chi connectivity index (χ0v) is 17.3. The number of ether oxygens (including phenoxy) is 1. The van der Waals surface area contributed by atoms with Crippen LogP contribution in [0.3, 0.4) is 0 Å². The van der Waals surface area contributed by atoms with Crippen molar-refractivity contribution in [1.82, 2.24) is 9.80 Å². The van der Waals surface area contributed by atoms with Crippen LogP contribution in [-0.2, 0) is 14.3 Å². The number of likely N-dealkylation sites (tertiary alicyclic amines) is 1. The minimum absolute atomic E-state index is 0.0166. The number of hydrogen-bond donors (Lipinski definition) is 1. The predicted molar refractivity (Wildman–Crippen MR) is 116 cm³/mol. The zero-order chi connectivity index (χ0) is 22.7. The van der Waals surface area contributed by atoms with Crippen molar-refractivity contribution in [3.63, 3.8) is 0 Å². The molecular weight excluding hydrogens is 414 g/mol. The molecule has 2 aromatic rings. The van der Waals surface area contributed by atoms with Crippen molar-refractivity contribution in [2.45, 2.75) is 6.04 Å². The highest BCUT2D eigenvalue weighted by atomic mass is 16.6. The van der Waals surface area contributed by atoms with E-state index in [1.54, 1.807) is 30.3 Å². The molecule has 9 nitrogen and oxygen atoms in total. The highest BCUT2D eigenvalue weighted by Gasteiger charge is 2.46. The van der Waals surface area contributed by atoms with Crippen LogP contribution in [0.5, 0.6) is 0 Å². The van der Waals surface area contributed by atoms with Crippen LogP contribution in [0, 0.1) is 10.1 Å². The summed E-state index contributed by atoms with van der Waals surface area (Å²) >= 11 is 0. The van der Waals surface area contributed by atoms with Gasteiger partial charge in [0, 0.05) is 43.9 Å². The number of benzene rings is 2. The average Bonchev–Trinajstić information content (AvgIpc) is 3.08. The Morgan fingerprint density at radius 3 is 2.31 bits per heavy atom. The Bertz CT molecular complexity index is 1050. The van der Waals surface area contributed by atoms with Crippen LogP contribution in [0.4, 0.5) is 5.69 Å². The molecule has 2 aliphatic rings. The van der Waals surface area contributed by atoms with E-state index in [0.29, 0.717) is 30.9 Å². The fourth-order valence-corrected chi connectivity index (χ4v) is 4.06. The van der Waals surface area contributed by atoms with Gasteiger partial charge in [0.25, 0.3) is 17.4 Å². The second-order valence-electron chi connectivity index (χ2n) is 7.66. The standard InChI is InChI=1S/C23H23N3O6/c27-21(17-4-2-1-3-5-17)19-20(16-6-8-18(9-7-16)26(30)31)25(23(29)22(19)28)11-10-24-12-14-32-15-13-24/h1-9,20,27H,10-15H2/t20-/m0/s1. The highest BCUT2D eigenvalue weighted by Crippen LogP contribution is 2.39. The van der Waals surface area contributed by atoms with Crippen molar-refractivity contribution >= 4 is 23.1 Å². The first-order valence-electron chi connectivity index (χ1n) is 10.4. The average molecular weight is 437 g/mol. The number of non-ortho nitro benzene ring substituents is 1. The van der Waals surface area contributed by atoms with Gasteiger partial charge in [0.05, 0.1) is 29.8 Å². The van der Waals surface area contributed by atoms with E-state index in [1.807, 2.05) is 0 Å². The third kappa shape index (κ3) is 4.25. The number of nitro benzene ring substituents is 1. The molecule has 1 N–H and O–H groups in total. The van der Waals surface area contributed by atoms with Gasteiger partial charge >= 0.3 is 0 Å². The number of aliphatic hydroxyl groups is 1. The Morgan fingerprint density at radius 2 is 1.69 bits per heavy atom. The van der Waals surface area contributed by atoms with Gasteiger partial charge in [0.1, 0.15) is 5.76 Å². The molecule has 9 heteroatoms. The largest absolute Gasteiger partial charge is 0.507 e. The summed E-state index contributed by atoms with van der Waals surface area (Å²) in [4.78, 5) is 40.1. The number of carbonyl (C=O) groups excluding carboxylic acids is 2. The lowest BCUT2D eigenvalue weighted by Crippen LogP contribution is -2.42. The molecule has 0 radical (unpaired) electrons. The van der Waals surface area contributed by atoms with Gasteiger partial charge in [0.2, 0.25) is 0 Å². The second kappa shape index (κ2) is 9.29. The van der Waals surface area contributed by atoms with Gasteiger partial charge in [-0.1, -0.05) is 30.3 Å². The predicted octanol–water partition coefficient (Wildman–Crippen LogP) is 2.35. The molecule has 2 heterocycles. The third-order valence-electron chi connectivity index (χ3n) is 5.77. The fourth-order valence-electron chi connectivity index (χ4n) is 4.06. The first kappa shape index (κ1) is 21.7. The number of hydrogen-bond acceptors (Lipinski definition) is 7. The smallest absolute Gasteiger partial charge is 0.295 e. The van der Waals surface area contributed by atoms with E-state index >= 15 is 0 Å². The second-order valence-corrected chi connectivity index (χ2v) is 7.66. The maximum absolute atomic E-state index is 13.0. The lowest BCUT2D eigenvalue weighted by atomic mass is 9.95. The van der Waals surface area contributed by atoms with Crippen LogP contribution in [0.25, 0.3) is 5.76 Å². The van der Waals surface area contributed by atoms with Crippen molar-refractivity contribution in [2.24, 2.45) is 0 Å². The number of ketones is 1. The summed E-state index contributed by atoms with van der Waals surface area (Å²) in [6.07, 6.45) is 0. The lowest BCUT2D eigenvalue weighted by Gasteiger charge is -2.31. The van der Waals surface area contributed by atoms with Crippen molar-refractivity contribution in [3.8, 4) is 0 Å². The number of amides is 1. The maximum Gasteiger partial charge on any atom is 0.295 e. The first-order valence-corrected chi connectivity index (χ1v) is 10.4. The van der Waals surface area contributed by atoms with E-state index in [-0.39, 0.29) is 23.6 Å². The molecule has 1 atom stereocenters. The van der Waals surface area contributed by atoms with Gasteiger partial charge in [-0.15, -0.1) is 0 Å². The summed E-state index contributed by atoms with van der Waals surface area (Å²) in [5.41, 5.74) is 0.832. The molecule has 32 heavy (non-hydrogen) atoms. The molecule has 2 aromatic carbocycles. The van der Waals surface area contributed by atoms with Gasteiger partial charge in [-0.25, -0.2) is 0 Å². The number of nitrogens with zero attached hydrogens (tertiary/aromatic N) is 3. The Hall–Kier alpha value is -3.56. The van der Waals surface area contributed by atoms with Crippen molar-refractivity contribution in [3.05, 3.63) is 81.4 Å². The monoisotopic (exact) mass is 437 g/mol. The number of carbonyl (C=O) groups is 2. The molecule has 2 aliphatic heterocycles. The molecule has 1 amide bonds. The fraction of sp³-hybridized carbons (Fsp3) is 0.304. The maximum atomic E-state index is 13.0. The van der Waals surface area contributed by atoms with E-state index in [4.69, 9.17) is 4.74 Å². The molecule has 4 rings (SSSR count). The quantitative estimate of drug-likeness (QED) is 0.243. The van der Waals surface area contributed by atoms with E-state index in [1.165, 1.54) is 29.2 Å². The van der Waals surface area contributed by atoms with Crippen LogP contribution in [0.2, 0.25) is 0 Å². The lowest BCUT2D eigenvalue weighted by molar-refractivity contribution is -0.384. The molecule has 0 saturated carbocycles. The summed E-state index contributed by atoms with van der Waals surface area (Å²) < 4.78 is 5.36. The van der Waals surface area contributed by atoms with E-state index < -0.39 is 22.7 Å². The van der Waals surface area contributed by atoms with Crippen molar-refractivity contribution in [2.75, 3.05) is 39.4 Å². The number of Topliss-reactive ketones (excluding diaryl/α,β-unsaturated/α-hetero) is 1. The van der Waals surface area contributed by atoms with Crippen LogP contribution >= 0.6 is 0 Å². The Labute approximate surface area is 184 Å². The summed E-state index contributed by atoms with van der Waals surface area (Å²) in [6.45, 7) is 3.51. The number of nitro groups is 1. The molecule has 0 aromatic heterocycles. The Morgan fingerprint density at radius 1 is 1.03 bits per heavy atom. The van der Waals surface area contributed by atoms with Crippen molar-refractivity contribution in [1.29, 1.82) is 0 Å². The van der Waals surface area contributed by atoms with Gasteiger partial charge in [-0.2, -0.15) is 0 Å². The highest BCUT2D eigenvalue weighted by molar-refractivity contribution is 6.46. The van der Waals surface area contributed by atoms with Gasteiger partial charge < -0.3 is 14.7 Å². The van der Waals surface area contributed by atoms with Gasteiger partial charge in [-0.05, 0) is 17.7 Å². The molecule has 2 fully saturated rings. The van der Waals surface area contributed by atoms with Gasteiger partial charge in [-0.3, -0.25) is 24.6 Å². The Balaban J connectivity index is 1.73. The summed E-state index contributed by atoms with van der Waals surface area (Å²) in [7, 11) is 0. The molecule has 0 bridgehead atoms. The molecule has 0 unspecified atom stereocenters. The molecule has 0 aliphatic carbocycles. The normalized spacial score (nSPS) is 21.1. The topological polar surface area (TPSA) is 113 Å². The van der Waals surface area contributed by atoms with E-state index in [9.17, 15) is 24.8 Å². The van der Waals surface area contributed by atoms with E-state index in [2.05, 4.69) is 4.90 Å². The van der Waals surface area contributed by atoms with Gasteiger partial charge in [0.15, 0.2) is 0 Å².